The van der Waals surface area contributed by atoms with Crippen LogP contribution in [0, 0.1) is 6.92 Å². The average Bonchev–Trinajstić information content (AvgIpc) is 3.36. The zero-order valence-corrected chi connectivity index (χ0v) is 20.5. The van der Waals surface area contributed by atoms with Gasteiger partial charge in [0.2, 0.25) is 0 Å². The summed E-state index contributed by atoms with van der Waals surface area (Å²) < 4.78 is 49.5. The Kier molecular flexibility index (Phi) is 10.0. The Hall–Kier alpha value is -1.38. The van der Waals surface area contributed by atoms with Crippen molar-refractivity contribution >= 4 is 41.3 Å². The molecule has 1 saturated heterocycles. The topological polar surface area (TPSA) is 74.9 Å². The number of alkyl halides is 3. The summed E-state index contributed by atoms with van der Waals surface area (Å²) in [4.78, 5) is 10.3. The van der Waals surface area contributed by atoms with Crippen LogP contribution in [0.5, 0.6) is 0 Å². The zero-order valence-electron chi connectivity index (χ0n) is 17.4. The van der Waals surface area contributed by atoms with Crippen LogP contribution in [0.4, 0.5) is 13.2 Å². The van der Waals surface area contributed by atoms with E-state index < -0.39 is 11.9 Å². The highest BCUT2D eigenvalue weighted by Crippen LogP contribution is 2.30. The van der Waals surface area contributed by atoms with E-state index in [4.69, 9.17) is 9.15 Å². The summed E-state index contributed by atoms with van der Waals surface area (Å²) in [5.74, 6) is 2.21. The third-order valence-corrected chi connectivity index (χ3v) is 5.43. The quantitative estimate of drug-likeness (QED) is 0.298. The van der Waals surface area contributed by atoms with Crippen molar-refractivity contribution in [2.24, 2.45) is 4.99 Å². The number of aliphatic imine (C=N–C) groups is 1. The van der Waals surface area contributed by atoms with Crippen LogP contribution in [0.15, 0.2) is 26.9 Å². The van der Waals surface area contributed by atoms with E-state index in [0.717, 1.165) is 41.3 Å². The number of nitrogens with one attached hydrogen (secondary N) is 2. The minimum Gasteiger partial charge on any atom is -0.465 e. The molecule has 12 heteroatoms. The molecule has 0 aliphatic carbocycles. The van der Waals surface area contributed by atoms with Gasteiger partial charge < -0.3 is 19.8 Å². The normalized spacial score (nSPS) is 16.6. The number of hydrogen-bond donors (Lipinski definition) is 2. The first-order valence-corrected chi connectivity index (χ1v) is 10.7. The Morgan fingerprint density at radius 2 is 2.03 bits per heavy atom. The second kappa shape index (κ2) is 12.0. The fourth-order valence-electron chi connectivity index (χ4n) is 3.13. The van der Waals surface area contributed by atoms with E-state index >= 15 is 0 Å². The molecule has 0 bridgehead atoms. The molecule has 174 valence electrons. The number of furan rings is 1. The van der Waals surface area contributed by atoms with E-state index in [0.29, 0.717) is 37.3 Å². The Bertz CT molecular complexity index is 837. The van der Waals surface area contributed by atoms with Crippen LogP contribution in [0.2, 0.25) is 0 Å². The number of ether oxygens (including phenoxy) is 1. The summed E-state index contributed by atoms with van der Waals surface area (Å²) in [6.07, 6.45) is -4.44. The SMILES string of the molecule is CCNC(=NCc1nc(C(F)(F)F)cs1)NCC(c1ccc(C)o1)N1CCOCC1.I. The minimum absolute atomic E-state index is 0. The maximum atomic E-state index is 12.7. The number of nitrogens with zero attached hydrogens (tertiary/aromatic N) is 3. The summed E-state index contributed by atoms with van der Waals surface area (Å²) in [6.45, 7) is 7.96. The number of aryl methyl sites for hydroxylation is 1. The molecule has 0 saturated carbocycles. The van der Waals surface area contributed by atoms with Crippen LogP contribution in [0.1, 0.15) is 35.2 Å². The molecule has 3 rings (SSSR count). The van der Waals surface area contributed by atoms with Crippen molar-refractivity contribution in [1.29, 1.82) is 0 Å². The number of hydrogen-bond acceptors (Lipinski definition) is 6. The Morgan fingerprint density at radius 3 is 2.61 bits per heavy atom. The molecule has 0 aromatic carbocycles. The van der Waals surface area contributed by atoms with Crippen molar-refractivity contribution < 1.29 is 22.3 Å². The predicted octanol–water partition coefficient (Wildman–Crippen LogP) is 3.81. The lowest BCUT2D eigenvalue weighted by Gasteiger charge is -2.33. The van der Waals surface area contributed by atoms with Gasteiger partial charge >= 0.3 is 6.18 Å². The van der Waals surface area contributed by atoms with E-state index in [-0.39, 0.29) is 36.6 Å². The van der Waals surface area contributed by atoms with Crippen LogP contribution in [0.25, 0.3) is 0 Å². The molecule has 7 nitrogen and oxygen atoms in total. The van der Waals surface area contributed by atoms with Gasteiger partial charge in [-0.15, -0.1) is 35.3 Å². The van der Waals surface area contributed by atoms with Gasteiger partial charge in [-0.3, -0.25) is 4.90 Å². The minimum atomic E-state index is -4.44. The van der Waals surface area contributed by atoms with Crippen molar-refractivity contribution in [3.8, 4) is 0 Å². The zero-order chi connectivity index (χ0) is 21.6. The molecule has 31 heavy (non-hydrogen) atoms. The maximum Gasteiger partial charge on any atom is 0.434 e. The molecule has 0 spiro atoms. The molecule has 2 aromatic heterocycles. The maximum absolute atomic E-state index is 12.7. The van der Waals surface area contributed by atoms with Gasteiger partial charge in [-0.2, -0.15) is 13.2 Å². The molecule has 1 unspecified atom stereocenters. The fraction of sp³-hybridized carbons (Fsp3) is 0.579. The van der Waals surface area contributed by atoms with Crippen LogP contribution in [-0.4, -0.2) is 55.2 Å². The molecular formula is C19H27F3IN5O2S. The van der Waals surface area contributed by atoms with Crippen molar-refractivity contribution in [3.63, 3.8) is 0 Å². The van der Waals surface area contributed by atoms with E-state index in [1.807, 2.05) is 26.0 Å². The molecule has 1 aliphatic heterocycles. The fourth-order valence-corrected chi connectivity index (χ4v) is 3.85. The lowest BCUT2D eigenvalue weighted by Crippen LogP contribution is -2.46. The van der Waals surface area contributed by atoms with Gasteiger partial charge in [0.1, 0.15) is 16.5 Å². The number of thiazole rings is 1. The van der Waals surface area contributed by atoms with Crippen LogP contribution < -0.4 is 10.6 Å². The number of aromatic nitrogens is 1. The van der Waals surface area contributed by atoms with Gasteiger partial charge in [0.25, 0.3) is 0 Å². The Morgan fingerprint density at radius 1 is 1.29 bits per heavy atom. The molecule has 1 aliphatic rings. The van der Waals surface area contributed by atoms with E-state index in [1.54, 1.807) is 0 Å². The van der Waals surface area contributed by atoms with E-state index in [2.05, 4.69) is 25.5 Å². The van der Waals surface area contributed by atoms with Gasteiger partial charge in [0.15, 0.2) is 11.7 Å². The van der Waals surface area contributed by atoms with Crippen LogP contribution in [0.3, 0.4) is 0 Å². The number of halogens is 4. The highest BCUT2D eigenvalue weighted by Gasteiger charge is 2.33. The molecule has 1 atom stereocenters. The second-order valence-corrected chi connectivity index (χ2v) is 7.76. The summed E-state index contributed by atoms with van der Waals surface area (Å²) in [5.41, 5.74) is -0.878. The van der Waals surface area contributed by atoms with Gasteiger partial charge in [-0.1, -0.05) is 0 Å². The molecule has 0 radical (unpaired) electrons. The standard InChI is InChI=1S/C19H26F3N5O2S.HI/c1-3-23-18(25-11-17-26-16(12-30-17)19(20,21)22)24-10-14(15-5-4-13(2)29-15)27-6-8-28-9-7-27;/h4-5,12,14H,3,6-11H2,1-2H3,(H2,23,24,25);1H. The van der Waals surface area contributed by atoms with E-state index in [1.165, 1.54) is 0 Å². The lowest BCUT2D eigenvalue weighted by atomic mass is 10.1. The van der Waals surface area contributed by atoms with Crippen LogP contribution >= 0.6 is 35.3 Å². The molecule has 0 amide bonds. The third kappa shape index (κ3) is 7.61. The number of rotatable bonds is 7. The van der Waals surface area contributed by atoms with E-state index in [9.17, 15) is 13.2 Å². The monoisotopic (exact) mass is 573 g/mol. The largest absolute Gasteiger partial charge is 0.465 e. The van der Waals surface area contributed by atoms with Crippen molar-refractivity contribution in [2.45, 2.75) is 32.6 Å². The van der Waals surface area contributed by atoms with Crippen molar-refractivity contribution in [2.75, 3.05) is 39.4 Å². The Balaban J connectivity index is 0.00000341. The van der Waals surface area contributed by atoms with Crippen molar-refractivity contribution in [3.05, 3.63) is 39.7 Å². The summed E-state index contributed by atoms with van der Waals surface area (Å²) >= 11 is 0.952. The summed E-state index contributed by atoms with van der Waals surface area (Å²) in [7, 11) is 0. The first kappa shape index (κ1) is 25.9. The first-order chi connectivity index (χ1) is 14.4. The van der Waals surface area contributed by atoms with Crippen LogP contribution in [-0.2, 0) is 17.5 Å². The molecule has 1 fully saturated rings. The third-order valence-electron chi connectivity index (χ3n) is 4.60. The predicted molar refractivity (Wildman–Crippen MR) is 124 cm³/mol. The Labute approximate surface area is 200 Å². The van der Waals surface area contributed by atoms with Gasteiger partial charge in [0.05, 0.1) is 25.8 Å². The molecule has 3 heterocycles. The summed E-state index contributed by atoms with van der Waals surface area (Å²) in [6, 6.07) is 3.89. The number of morpholine rings is 1. The second-order valence-electron chi connectivity index (χ2n) is 6.81. The molecule has 2 N–H and O–H groups in total. The smallest absolute Gasteiger partial charge is 0.434 e. The highest BCUT2D eigenvalue weighted by molar-refractivity contribution is 14.0. The van der Waals surface area contributed by atoms with Gasteiger partial charge in [-0.25, -0.2) is 9.98 Å². The highest BCUT2D eigenvalue weighted by atomic mass is 127. The summed E-state index contributed by atoms with van der Waals surface area (Å²) in [5, 5.41) is 7.73. The first-order valence-electron chi connectivity index (χ1n) is 9.78. The van der Waals surface area contributed by atoms with Crippen molar-refractivity contribution in [1.82, 2.24) is 20.5 Å². The lowest BCUT2D eigenvalue weighted by molar-refractivity contribution is -0.140. The molecular weight excluding hydrogens is 546 g/mol. The molecule has 2 aromatic rings. The number of guanidine groups is 1. The average molecular weight is 573 g/mol. The van der Waals surface area contributed by atoms with Gasteiger partial charge in [0, 0.05) is 31.6 Å². The van der Waals surface area contributed by atoms with Gasteiger partial charge in [-0.05, 0) is 26.0 Å².